The number of aryl methyl sites for hydroxylation is 1. The molecule has 0 bridgehead atoms. The lowest BCUT2D eigenvalue weighted by Gasteiger charge is -2.21. The Morgan fingerprint density at radius 2 is 1.94 bits per heavy atom. The molecule has 0 saturated heterocycles. The van der Waals surface area contributed by atoms with Crippen LogP contribution in [0.1, 0.15) is 26.6 Å². The lowest BCUT2D eigenvalue weighted by molar-refractivity contribution is 0.249. The van der Waals surface area contributed by atoms with Crippen molar-refractivity contribution in [3.63, 3.8) is 0 Å². The molecule has 0 spiro atoms. The van der Waals surface area contributed by atoms with Crippen molar-refractivity contribution in [3.05, 3.63) is 11.9 Å². The number of rotatable bonds is 6. The second-order valence-electron chi connectivity index (χ2n) is 4.34. The van der Waals surface area contributed by atoms with Crippen LogP contribution >= 0.6 is 0 Å². The Hall–Kier alpha value is -1.36. The van der Waals surface area contributed by atoms with E-state index >= 15 is 0 Å². The first-order valence-corrected chi connectivity index (χ1v) is 6.03. The lowest BCUT2D eigenvalue weighted by atomic mass is 10.1. The highest BCUT2D eigenvalue weighted by Gasteiger charge is 2.13. The molecule has 0 aliphatic heterocycles. The Balaban J connectivity index is 2.89. The van der Waals surface area contributed by atoms with Gasteiger partial charge in [0.2, 0.25) is 0 Å². The number of anilines is 2. The van der Waals surface area contributed by atoms with Crippen molar-refractivity contribution in [2.45, 2.75) is 33.2 Å². The van der Waals surface area contributed by atoms with Crippen molar-refractivity contribution < 1.29 is 5.11 Å². The smallest absolute Gasteiger partial charge is 0.132 e. The largest absolute Gasteiger partial charge is 0.394 e. The van der Waals surface area contributed by atoms with Crippen LogP contribution in [-0.2, 0) is 6.42 Å². The summed E-state index contributed by atoms with van der Waals surface area (Å²) >= 11 is 0. The van der Waals surface area contributed by atoms with Crippen molar-refractivity contribution in [1.82, 2.24) is 9.97 Å². The zero-order valence-electron chi connectivity index (χ0n) is 11.0. The molecule has 96 valence electrons. The molecule has 1 aromatic rings. The number of nitrogens with one attached hydrogen (secondary N) is 2. The van der Waals surface area contributed by atoms with E-state index in [0.717, 1.165) is 23.9 Å². The fourth-order valence-electron chi connectivity index (χ4n) is 1.47. The van der Waals surface area contributed by atoms with Crippen LogP contribution in [0.25, 0.3) is 0 Å². The third kappa shape index (κ3) is 3.85. The minimum atomic E-state index is 0.0133. The summed E-state index contributed by atoms with van der Waals surface area (Å²) in [5.41, 5.74) is 0. The summed E-state index contributed by atoms with van der Waals surface area (Å²) in [4.78, 5) is 8.72. The van der Waals surface area contributed by atoms with Gasteiger partial charge in [-0.3, -0.25) is 0 Å². The van der Waals surface area contributed by atoms with Crippen molar-refractivity contribution in [3.8, 4) is 0 Å². The highest BCUT2D eigenvalue weighted by molar-refractivity contribution is 5.47. The van der Waals surface area contributed by atoms with Crippen LogP contribution in [-0.4, -0.2) is 34.8 Å². The predicted molar refractivity (Wildman–Crippen MR) is 70.3 cm³/mol. The molecule has 5 heteroatoms. The molecular formula is C12H22N4O. The fourth-order valence-corrected chi connectivity index (χ4v) is 1.47. The summed E-state index contributed by atoms with van der Waals surface area (Å²) in [5, 5.41) is 15.5. The lowest BCUT2D eigenvalue weighted by Crippen LogP contribution is -2.30. The molecule has 0 aromatic carbocycles. The Kier molecular flexibility index (Phi) is 5.15. The van der Waals surface area contributed by atoms with E-state index in [1.54, 1.807) is 0 Å². The van der Waals surface area contributed by atoms with Gasteiger partial charge in [0.1, 0.15) is 17.5 Å². The third-order valence-electron chi connectivity index (χ3n) is 2.68. The zero-order chi connectivity index (χ0) is 12.8. The zero-order valence-corrected chi connectivity index (χ0v) is 11.0. The van der Waals surface area contributed by atoms with E-state index in [2.05, 4.69) is 34.4 Å². The number of hydrogen-bond acceptors (Lipinski definition) is 5. The maximum Gasteiger partial charge on any atom is 0.132 e. The fraction of sp³-hybridized carbons (Fsp3) is 0.667. The van der Waals surface area contributed by atoms with E-state index in [4.69, 9.17) is 0 Å². The molecule has 1 heterocycles. The first-order valence-electron chi connectivity index (χ1n) is 6.03. The second kappa shape index (κ2) is 6.39. The van der Waals surface area contributed by atoms with E-state index in [9.17, 15) is 5.11 Å². The van der Waals surface area contributed by atoms with Gasteiger partial charge >= 0.3 is 0 Å². The van der Waals surface area contributed by atoms with Gasteiger partial charge in [0.25, 0.3) is 0 Å². The Morgan fingerprint density at radius 3 is 2.41 bits per heavy atom. The number of aromatic nitrogens is 2. The average Bonchev–Trinajstić information content (AvgIpc) is 2.34. The van der Waals surface area contributed by atoms with Crippen molar-refractivity contribution in [2.24, 2.45) is 5.92 Å². The van der Waals surface area contributed by atoms with Gasteiger partial charge in [-0.2, -0.15) is 0 Å². The molecule has 0 radical (unpaired) electrons. The normalized spacial score (nSPS) is 12.6. The van der Waals surface area contributed by atoms with Crippen molar-refractivity contribution in [1.29, 1.82) is 0 Å². The molecule has 1 atom stereocenters. The molecule has 1 unspecified atom stereocenters. The van der Waals surface area contributed by atoms with Crippen molar-refractivity contribution in [2.75, 3.05) is 24.3 Å². The molecule has 0 aliphatic rings. The third-order valence-corrected chi connectivity index (χ3v) is 2.68. The minimum absolute atomic E-state index is 0.0133. The van der Waals surface area contributed by atoms with Gasteiger partial charge in [-0.05, 0) is 5.92 Å². The van der Waals surface area contributed by atoms with Gasteiger partial charge in [0.15, 0.2) is 0 Å². The first-order chi connectivity index (χ1) is 8.10. The van der Waals surface area contributed by atoms with E-state index in [1.165, 1.54) is 0 Å². The summed E-state index contributed by atoms with van der Waals surface area (Å²) < 4.78 is 0. The van der Waals surface area contributed by atoms with Crippen LogP contribution in [0, 0.1) is 5.92 Å². The average molecular weight is 238 g/mol. The molecule has 0 amide bonds. The standard InChI is InChI=1S/C12H22N4O/c1-5-10-15-11(13-4)6-12(16-10)14-9(7-17)8(2)3/h6,8-9,17H,5,7H2,1-4H3,(H2,13,14,15,16). The van der Waals surface area contributed by atoms with Crippen LogP contribution in [0.3, 0.4) is 0 Å². The molecule has 0 saturated carbocycles. The number of nitrogens with zero attached hydrogens (tertiary/aromatic N) is 2. The molecule has 0 aliphatic carbocycles. The van der Waals surface area contributed by atoms with Crippen LogP contribution in [0.15, 0.2) is 6.07 Å². The van der Waals surface area contributed by atoms with Crippen LogP contribution in [0.2, 0.25) is 0 Å². The summed E-state index contributed by atoms with van der Waals surface area (Å²) in [6.45, 7) is 6.24. The van der Waals surface area contributed by atoms with Crippen molar-refractivity contribution >= 4 is 11.6 Å². The molecule has 5 nitrogen and oxygen atoms in total. The quantitative estimate of drug-likeness (QED) is 0.701. The second-order valence-corrected chi connectivity index (χ2v) is 4.34. The Labute approximate surface area is 103 Å². The molecule has 3 N–H and O–H groups in total. The van der Waals surface area contributed by atoms with Gasteiger partial charge < -0.3 is 15.7 Å². The molecule has 1 aromatic heterocycles. The Bertz CT molecular complexity index is 332. The summed E-state index contributed by atoms with van der Waals surface area (Å²) in [6.07, 6.45) is 0.787. The van der Waals surface area contributed by atoms with Crippen LogP contribution in [0.5, 0.6) is 0 Å². The van der Waals surface area contributed by atoms with Gasteiger partial charge in [-0.1, -0.05) is 20.8 Å². The van der Waals surface area contributed by atoms with Gasteiger partial charge in [-0.25, -0.2) is 9.97 Å². The van der Waals surface area contributed by atoms with E-state index in [1.807, 2.05) is 20.0 Å². The summed E-state index contributed by atoms with van der Waals surface area (Å²) in [6, 6.07) is 1.86. The number of hydrogen-bond donors (Lipinski definition) is 3. The number of aliphatic hydroxyl groups excluding tert-OH is 1. The monoisotopic (exact) mass is 238 g/mol. The summed E-state index contributed by atoms with van der Waals surface area (Å²) in [5.74, 6) is 2.69. The Morgan fingerprint density at radius 1 is 1.29 bits per heavy atom. The topological polar surface area (TPSA) is 70.1 Å². The van der Waals surface area contributed by atoms with Gasteiger partial charge in [0.05, 0.1) is 12.6 Å². The van der Waals surface area contributed by atoms with E-state index < -0.39 is 0 Å². The molecule has 17 heavy (non-hydrogen) atoms. The van der Waals surface area contributed by atoms with E-state index in [-0.39, 0.29) is 12.6 Å². The first kappa shape index (κ1) is 13.7. The predicted octanol–water partition coefficient (Wildman–Crippen LogP) is 1.51. The van der Waals surface area contributed by atoms with Crippen LogP contribution in [0.4, 0.5) is 11.6 Å². The van der Waals surface area contributed by atoms with Gasteiger partial charge in [0, 0.05) is 19.5 Å². The maximum atomic E-state index is 9.29. The highest BCUT2D eigenvalue weighted by atomic mass is 16.3. The maximum absolute atomic E-state index is 9.29. The molecular weight excluding hydrogens is 216 g/mol. The van der Waals surface area contributed by atoms with E-state index in [0.29, 0.717) is 5.92 Å². The molecule has 1 rings (SSSR count). The number of aliphatic hydroxyl groups is 1. The van der Waals surface area contributed by atoms with Gasteiger partial charge in [-0.15, -0.1) is 0 Å². The molecule has 0 fully saturated rings. The van der Waals surface area contributed by atoms with Crippen LogP contribution < -0.4 is 10.6 Å². The summed E-state index contributed by atoms with van der Waals surface area (Å²) in [7, 11) is 1.83. The minimum Gasteiger partial charge on any atom is -0.394 e. The SMILES string of the molecule is CCc1nc(NC)cc(NC(CO)C(C)C)n1. The highest BCUT2D eigenvalue weighted by Crippen LogP contribution is 2.14.